The van der Waals surface area contributed by atoms with Crippen molar-refractivity contribution in [2.45, 2.75) is 13.3 Å². The summed E-state index contributed by atoms with van der Waals surface area (Å²) in [5.74, 6) is 2.01. The molecule has 1 aromatic heterocycles. The lowest BCUT2D eigenvalue weighted by molar-refractivity contribution is -0.124. The monoisotopic (exact) mass is 528 g/mol. The predicted molar refractivity (Wildman–Crippen MR) is 133 cm³/mol. The summed E-state index contributed by atoms with van der Waals surface area (Å²) in [7, 11) is 3.15. The third kappa shape index (κ3) is 4.70. The summed E-state index contributed by atoms with van der Waals surface area (Å²) < 4.78 is 18.1. The van der Waals surface area contributed by atoms with Crippen molar-refractivity contribution in [3.63, 3.8) is 0 Å². The minimum Gasteiger partial charge on any atom is -0.493 e. The lowest BCUT2D eigenvalue weighted by Crippen LogP contribution is -2.38. The van der Waals surface area contributed by atoms with Gasteiger partial charge in [-0.3, -0.25) is 9.78 Å². The number of halogens is 2. The molecule has 6 nitrogen and oxygen atoms in total. The Kier molecular flexibility index (Phi) is 6.63. The van der Waals surface area contributed by atoms with Crippen molar-refractivity contribution in [2.24, 2.45) is 5.41 Å². The SMILES string of the molecule is COc1cc2nccc(OC3=CC=C(Br)CC3(C)C(=O)Nc3ccc(Cl)cc3)c2cc1OC. The number of hydrogen-bond acceptors (Lipinski definition) is 5. The molecule has 0 bridgehead atoms. The summed E-state index contributed by atoms with van der Waals surface area (Å²) in [5.41, 5.74) is 0.381. The predicted octanol–water partition coefficient (Wildman–Crippen LogP) is 6.50. The molecule has 1 aliphatic carbocycles. The zero-order chi connectivity index (χ0) is 23.6. The van der Waals surface area contributed by atoms with Crippen LogP contribution in [0.4, 0.5) is 5.69 Å². The smallest absolute Gasteiger partial charge is 0.238 e. The molecule has 1 atom stereocenters. The number of pyridine rings is 1. The number of nitrogens with one attached hydrogen (secondary N) is 1. The molecule has 170 valence electrons. The van der Waals surface area contributed by atoms with Gasteiger partial charge in [-0.2, -0.15) is 0 Å². The van der Waals surface area contributed by atoms with Crippen molar-refractivity contribution in [2.75, 3.05) is 19.5 Å². The highest BCUT2D eigenvalue weighted by molar-refractivity contribution is 9.11. The first kappa shape index (κ1) is 23.1. The van der Waals surface area contributed by atoms with Gasteiger partial charge in [-0.25, -0.2) is 0 Å². The van der Waals surface area contributed by atoms with Gasteiger partial charge in [0.15, 0.2) is 11.5 Å². The highest BCUT2D eigenvalue weighted by Gasteiger charge is 2.41. The average molecular weight is 530 g/mol. The molecule has 1 heterocycles. The van der Waals surface area contributed by atoms with Crippen molar-refractivity contribution in [3.05, 3.63) is 76.1 Å². The maximum atomic E-state index is 13.4. The minimum absolute atomic E-state index is 0.196. The quantitative estimate of drug-likeness (QED) is 0.395. The number of methoxy groups -OCH3 is 2. The number of allylic oxidation sites excluding steroid dienone is 3. The van der Waals surface area contributed by atoms with Gasteiger partial charge in [-0.15, -0.1) is 0 Å². The fourth-order valence-corrected chi connectivity index (χ4v) is 4.45. The van der Waals surface area contributed by atoms with Crippen molar-refractivity contribution in [1.82, 2.24) is 4.98 Å². The highest BCUT2D eigenvalue weighted by atomic mass is 79.9. The van der Waals surface area contributed by atoms with Crippen LogP contribution >= 0.6 is 27.5 Å². The fourth-order valence-electron chi connectivity index (χ4n) is 3.63. The topological polar surface area (TPSA) is 69.7 Å². The van der Waals surface area contributed by atoms with Crippen LogP contribution in [-0.2, 0) is 4.79 Å². The molecule has 33 heavy (non-hydrogen) atoms. The van der Waals surface area contributed by atoms with Gasteiger partial charge in [-0.05, 0) is 60.0 Å². The molecule has 0 fully saturated rings. The van der Waals surface area contributed by atoms with E-state index >= 15 is 0 Å². The number of ether oxygens (including phenoxy) is 3. The maximum Gasteiger partial charge on any atom is 0.238 e. The Morgan fingerprint density at radius 2 is 1.76 bits per heavy atom. The number of amides is 1. The average Bonchev–Trinajstić information content (AvgIpc) is 2.81. The molecule has 1 unspecified atom stereocenters. The summed E-state index contributed by atoms with van der Waals surface area (Å²) in [5, 5.41) is 4.31. The number of fused-ring (bicyclic) bond motifs is 1. The number of rotatable bonds is 6. The summed E-state index contributed by atoms with van der Waals surface area (Å²) in [6, 6.07) is 12.4. The molecular weight excluding hydrogens is 508 g/mol. The van der Waals surface area contributed by atoms with E-state index in [2.05, 4.69) is 26.2 Å². The van der Waals surface area contributed by atoms with Crippen LogP contribution in [0.5, 0.6) is 17.2 Å². The van der Waals surface area contributed by atoms with Gasteiger partial charge in [0.05, 0.1) is 19.7 Å². The van der Waals surface area contributed by atoms with E-state index < -0.39 is 5.41 Å². The Bertz CT molecular complexity index is 1270. The van der Waals surface area contributed by atoms with Crippen LogP contribution < -0.4 is 19.5 Å². The van der Waals surface area contributed by atoms with Crippen LogP contribution in [0.1, 0.15) is 13.3 Å². The molecule has 0 aliphatic heterocycles. The zero-order valence-corrected chi connectivity index (χ0v) is 20.7. The zero-order valence-electron chi connectivity index (χ0n) is 18.3. The summed E-state index contributed by atoms with van der Waals surface area (Å²) in [6.45, 7) is 1.85. The Morgan fingerprint density at radius 3 is 2.45 bits per heavy atom. The molecule has 0 saturated carbocycles. The molecule has 3 aromatic rings. The number of anilines is 1. The van der Waals surface area contributed by atoms with Crippen LogP contribution in [0.2, 0.25) is 5.02 Å². The van der Waals surface area contributed by atoms with Crippen molar-refractivity contribution < 1.29 is 19.0 Å². The molecule has 1 amide bonds. The Labute approximate surface area is 205 Å². The normalized spacial score (nSPS) is 17.7. The number of carbonyl (C=O) groups excluding carboxylic acids is 1. The van der Waals surface area contributed by atoms with E-state index in [1.54, 1.807) is 56.8 Å². The molecule has 0 spiro atoms. The number of aromatic nitrogens is 1. The second kappa shape index (κ2) is 9.45. The standard InChI is InChI=1S/C25H22BrClN2O4/c1-25(24(30)29-17-7-5-16(27)6-8-17)14-15(26)4-9-23(25)33-20-10-11-28-19-13-22(32-3)21(31-2)12-18(19)20/h4-13H,14H2,1-3H3,(H,29,30). The fraction of sp³-hybridized carbons (Fsp3) is 0.200. The molecule has 2 aromatic carbocycles. The highest BCUT2D eigenvalue weighted by Crippen LogP contribution is 2.43. The molecule has 4 rings (SSSR count). The second-order valence-corrected chi connectivity index (χ2v) is 9.20. The van der Waals surface area contributed by atoms with Crippen LogP contribution in [0.3, 0.4) is 0 Å². The number of nitrogens with zero attached hydrogens (tertiary/aromatic N) is 1. The van der Waals surface area contributed by atoms with Gasteiger partial charge in [0.25, 0.3) is 0 Å². The van der Waals surface area contributed by atoms with Crippen LogP contribution in [0, 0.1) is 5.41 Å². The number of carbonyl (C=O) groups is 1. The molecule has 8 heteroatoms. The van der Waals surface area contributed by atoms with E-state index in [0.717, 1.165) is 9.87 Å². The summed E-state index contributed by atoms with van der Waals surface area (Å²) in [6.07, 6.45) is 5.80. The van der Waals surface area contributed by atoms with Gasteiger partial charge < -0.3 is 19.5 Å². The van der Waals surface area contributed by atoms with Gasteiger partial charge in [0, 0.05) is 34.8 Å². The van der Waals surface area contributed by atoms with Crippen LogP contribution in [0.25, 0.3) is 10.9 Å². The second-order valence-electron chi connectivity index (χ2n) is 7.75. The first-order valence-electron chi connectivity index (χ1n) is 10.2. The van der Waals surface area contributed by atoms with Crippen LogP contribution in [0.15, 0.2) is 71.1 Å². The number of benzene rings is 2. The first-order chi connectivity index (χ1) is 15.8. The molecular formula is C25H22BrClN2O4. The van der Waals surface area contributed by atoms with Crippen molar-refractivity contribution >= 4 is 50.0 Å². The van der Waals surface area contributed by atoms with Gasteiger partial charge in [-0.1, -0.05) is 27.5 Å². The molecule has 1 N–H and O–H groups in total. The largest absolute Gasteiger partial charge is 0.493 e. The summed E-state index contributed by atoms with van der Waals surface area (Å²) in [4.78, 5) is 17.8. The van der Waals surface area contributed by atoms with Crippen molar-refractivity contribution in [1.29, 1.82) is 0 Å². The molecule has 1 aliphatic rings. The molecule has 0 radical (unpaired) electrons. The first-order valence-corrected chi connectivity index (χ1v) is 11.3. The minimum atomic E-state index is -0.959. The van der Waals surface area contributed by atoms with E-state index in [4.69, 9.17) is 25.8 Å². The van der Waals surface area contributed by atoms with Crippen LogP contribution in [-0.4, -0.2) is 25.1 Å². The van der Waals surface area contributed by atoms with Gasteiger partial charge >= 0.3 is 0 Å². The van der Waals surface area contributed by atoms with Crippen molar-refractivity contribution in [3.8, 4) is 17.2 Å². The van der Waals surface area contributed by atoms with E-state index in [0.29, 0.717) is 45.7 Å². The Hall–Kier alpha value is -3.03. The maximum absolute atomic E-state index is 13.4. The third-order valence-corrected chi connectivity index (χ3v) is 6.31. The molecule has 0 saturated heterocycles. The number of hydrogen-bond donors (Lipinski definition) is 1. The van der Waals surface area contributed by atoms with Gasteiger partial charge in [0.1, 0.15) is 16.9 Å². The summed E-state index contributed by atoms with van der Waals surface area (Å²) >= 11 is 9.51. The lowest BCUT2D eigenvalue weighted by atomic mass is 9.80. The third-order valence-electron chi connectivity index (χ3n) is 5.51. The Balaban J connectivity index is 1.70. The lowest BCUT2D eigenvalue weighted by Gasteiger charge is -2.33. The van der Waals surface area contributed by atoms with E-state index in [9.17, 15) is 4.79 Å². The van der Waals surface area contributed by atoms with E-state index in [-0.39, 0.29) is 5.91 Å². The van der Waals surface area contributed by atoms with E-state index in [1.165, 1.54) is 0 Å². The van der Waals surface area contributed by atoms with Gasteiger partial charge in [0.2, 0.25) is 5.91 Å². The van der Waals surface area contributed by atoms with E-state index in [1.807, 2.05) is 25.1 Å². The Morgan fingerprint density at radius 1 is 1.06 bits per heavy atom.